The molecule has 2 saturated heterocycles. The Kier molecular flexibility index (Phi) is 13.5. The lowest BCUT2D eigenvalue weighted by Gasteiger charge is -2.38. The number of rotatable bonds is 15. The summed E-state index contributed by atoms with van der Waals surface area (Å²) in [5.41, 5.74) is 1.10. The van der Waals surface area contributed by atoms with Gasteiger partial charge in [-0.2, -0.15) is 0 Å². The van der Waals surface area contributed by atoms with Gasteiger partial charge in [-0.3, -0.25) is 28.9 Å². The number of ketones is 2. The van der Waals surface area contributed by atoms with Crippen LogP contribution < -0.4 is 0 Å². The minimum absolute atomic E-state index is 0.0246. The minimum atomic E-state index is -0.770. The van der Waals surface area contributed by atoms with Crippen LogP contribution in [0.5, 0.6) is 0 Å². The third-order valence-corrected chi connectivity index (χ3v) is 9.94. The predicted molar refractivity (Wildman–Crippen MR) is 181 cm³/mol. The third-order valence-electron chi connectivity index (χ3n) is 9.94. The van der Waals surface area contributed by atoms with E-state index < -0.39 is 24.0 Å². The van der Waals surface area contributed by atoms with Crippen LogP contribution in [0.2, 0.25) is 0 Å². The first-order valence-electron chi connectivity index (χ1n) is 17.3. The summed E-state index contributed by atoms with van der Waals surface area (Å²) < 4.78 is 0. The van der Waals surface area contributed by atoms with Gasteiger partial charge >= 0.3 is 0 Å². The van der Waals surface area contributed by atoms with Gasteiger partial charge in [-0.15, -0.1) is 0 Å². The number of hydrogen-bond acceptors (Lipinski definition) is 6. The van der Waals surface area contributed by atoms with Crippen molar-refractivity contribution in [2.75, 3.05) is 34.2 Å². The van der Waals surface area contributed by atoms with Gasteiger partial charge < -0.3 is 14.7 Å². The van der Waals surface area contributed by atoms with E-state index in [1.54, 1.807) is 16.8 Å². The molecule has 2 aliphatic heterocycles. The Hall–Kier alpha value is -3.07. The molecule has 2 aliphatic rings. The molecule has 2 heterocycles. The van der Waals surface area contributed by atoms with E-state index in [1.807, 2.05) is 90.9 Å². The molecule has 0 N–H and O–H groups in total. The fourth-order valence-corrected chi connectivity index (χ4v) is 7.59. The number of nitrogens with zero attached hydrogens (tertiary/aromatic N) is 4. The van der Waals surface area contributed by atoms with Crippen molar-refractivity contribution in [3.05, 3.63) is 35.9 Å². The van der Waals surface area contributed by atoms with Crippen LogP contribution in [0.1, 0.15) is 85.6 Å². The van der Waals surface area contributed by atoms with Crippen molar-refractivity contribution >= 4 is 29.3 Å². The summed E-state index contributed by atoms with van der Waals surface area (Å²) in [6, 6.07) is 7.72. The normalized spacial score (nSPS) is 20.5. The Morgan fingerprint density at radius 3 is 1.87 bits per heavy atom. The topological polar surface area (TPSA) is 98.3 Å². The number of benzene rings is 1. The lowest BCUT2D eigenvalue weighted by Crippen LogP contribution is -2.57. The Balaban J connectivity index is 1.75. The van der Waals surface area contributed by atoms with E-state index in [1.165, 1.54) is 4.90 Å². The van der Waals surface area contributed by atoms with Gasteiger partial charge in [0.1, 0.15) is 12.1 Å². The summed E-state index contributed by atoms with van der Waals surface area (Å²) in [5.74, 6) is -1.28. The Morgan fingerprint density at radius 1 is 0.761 bits per heavy atom. The van der Waals surface area contributed by atoms with E-state index in [0.717, 1.165) is 12.0 Å². The van der Waals surface area contributed by atoms with Crippen LogP contribution in [0.25, 0.3) is 0 Å². The van der Waals surface area contributed by atoms with Gasteiger partial charge in [0.15, 0.2) is 11.6 Å². The molecule has 0 saturated carbocycles. The number of Topliss-reactive ketones (excluding diaryl/α,β-unsaturated/α-hetero) is 2. The minimum Gasteiger partial charge on any atom is -0.333 e. The highest BCUT2D eigenvalue weighted by Gasteiger charge is 2.45. The predicted octanol–water partition coefficient (Wildman–Crippen LogP) is 4.47. The van der Waals surface area contributed by atoms with Crippen LogP contribution in [0.4, 0.5) is 0 Å². The van der Waals surface area contributed by atoms with Crippen molar-refractivity contribution in [3.8, 4) is 0 Å². The van der Waals surface area contributed by atoms with E-state index in [0.29, 0.717) is 45.2 Å². The molecule has 1 unspecified atom stereocenters. The highest BCUT2D eigenvalue weighted by atomic mass is 16.2. The number of hydrogen-bond donors (Lipinski definition) is 0. The summed E-state index contributed by atoms with van der Waals surface area (Å²) >= 11 is 0. The van der Waals surface area contributed by atoms with Gasteiger partial charge in [0.2, 0.25) is 17.7 Å². The van der Waals surface area contributed by atoms with Crippen molar-refractivity contribution in [3.63, 3.8) is 0 Å². The van der Waals surface area contributed by atoms with Crippen LogP contribution in [0.15, 0.2) is 30.3 Å². The van der Waals surface area contributed by atoms with Crippen molar-refractivity contribution in [2.45, 2.75) is 111 Å². The molecular weight excluding hydrogens is 580 g/mol. The van der Waals surface area contributed by atoms with Crippen LogP contribution in [-0.4, -0.2) is 107 Å². The Morgan fingerprint density at radius 2 is 1.33 bits per heavy atom. The van der Waals surface area contributed by atoms with Gasteiger partial charge in [0, 0.05) is 38.9 Å². The fourth-order valence-electron chi connectivity index (χ4n) is 7.59. The van der Waals surface area contributed by atoms with E-state index in [-0.39, 0.29) is 59.5 Å². The molecule has 256 valence electrons. The third kappa shape index (κ3) is 8.84. The van der Waals surface area contributed by atoms with Crippen molar-refractivity contribution in [1.29, 1.82) is 0 Å². The fraction of sp³-hybridized carbons (Fsp3) is 0.703. The summed E-state index contributed by atoms with van der Waals surface area (Å²) in [7, 11) is 5.42. The highest BCUT2D eigenvalue weighted by Crippen LogP contribution is 2.30. The number of aryl methyl sites for hydroxylation is 1. The summed E-state index contributed by atoms with van der Waals surface area (Å²) in [6.45, 7) is 12.7. The lowest BCUT2D eigenvalue weighted by atomic mass is 9.84. The second-order valence-corrected chi connectivity index (χ2v) is 14.6. The average Bonchev–Trinajstić information content (AvgIpc) is 3.68. The van der Waals surface area contributed by atoms with E-state index in [9.17, 15) is 24.0 Å². The molecule has 9 nitrogen and oxygen atoms in total. The largest absolute Gasteiger partial charge is 0.333 e. The molecule has 5 atom stereocenters. The molecule has 0 aliphatic carbocycles. The first kappa shape index (κ1) is 37.4. The molecule has 0 bridgehead atoms. The standard InChI is InChI=1S/C37H58N4O5/c1-24(2)28(23-32(43)33(25(3)4)38(7)8)35(44)39(9)34(26(5)6)37(46)41-22-14-18-30(41)36(45)40-21-13-17-29(40)31(42)20-19-27-15-11-10-12-16-27/h10-12,15-16,24-26,28-30,33-34H,13-14,17-23H2,1-9H3/t28-,29-,30-,33?,34-/m0/s1. The average molecular weight is 639 g/mol. The molecule has 3 rings (SSSR count). The number of likely N-dealkylation sites (tertiary alicyclic amines) is 2. The maximum Gasteiger partial charge on any atom is 0.246 e. The molecule has 3 amide bonds. The van der Waals surface area contributed by atoms with Crippen LogP contribution >= 0.6 is 0 Å². The van der Waals surface area contributed by atoms with Crippen LogP contribution in [-0.2, 0) is 30.4 Å². The number of amides is 3. The monoisotopic (exact) mass is 638 g/mol. The van der Waals surface area contributed by atoms with Gasteiger partial charge in [0.05, 0.1) is 12.1 Å². The zero-order chi connectivity index (χ0) is 34.3. The Labute approximate surface area is 277 Å². The number of carbonyl (C=O) groups is 5. The molecule has 1 aromatic rings. The van der Waals surface area contributed by atoms with E-state index in [2.05, 4.69) is 0 Å². The Bertz CT molecular complexity index is 1210. The molecule has 0 spiro atoms. The quantitative estimate of drug-likeness (QED) is 0.281. The van der Waals surface area contributed by atoms with Gasteiger partial charge in [-0.1, -0.05) is 71.9 Å². The molecular formula is C37H58N4O5. The highest BCUT2D eigenvalue weighted by molar-refractivity contribution is 5.96. The van der Waals surface area contributed by atoms with Crippen LogP contribution in [0, 0.1) is 23.7 Å². The molecule has 0 radical (unpaired) electrons. The second-order valence-electron chi connectivity index (χ2n) is 14.6. The summed E-state index contributed by atoms with van der Waals surface area (Å²) in [4.78, 5) is 75.8. The molecule has 0 aromatic heterocycles. The second kappa shape index (κ2) is 16.7. The molecule has 9 heteroatoms. The number of likely N-dealkylation sites (N-methyl/N-ethyl adjacent to an activating group) is 2. The molecule has 2 fully saturated rings. The lowest BCUT2D eigenvalue weighted by molar-refractivity contribution is -0.154. The van der Waals surface area contributed by atoms with Crippen molar-refractivity contribution in [2.24, 2.45) is 23.7 Å². The molecule has 1 aromatic carbocycles. The maximum absolute atomic E-state index is 14.3. The first-order chi connectivity index (χ1) is 21.7. The zero-order valence-electron chi connectivity index (χ0n) is 29.7. The molecule has 46 heavy (non-hydrogen) atoms. The SMILES string of the molecule is CC(C)C(C(=O)C[C@H](C(=O)N(C)[C@H](C(=O)N1CCC[C@H]1C(=O)N1CCC[C@H]1C(=O)CCc1ccccc1)C(C)C)C(C)C)N(C)C. The summed E-state index contributed by atoms with van der Waals surface area (Å²) in [6.07, 6.45) is 3.76. The van der Waals surface area contributed by atoms with Gasteiger partial charge in [-0.25, -0.2) is 0 Å². The smallest absolute Gasteiger partial charge is 0.246 e. The summed E-state index contributed by atoms with van der Waals surface area (Å²) in [5, 5.41) is 0. The van der Waals surface area contributed by atoms with Crippen molar-refractivity contribution < 1.29 is 24.0 Å². The first-order valence-corrected chi connectivity index (χ1v) is 17.3. The number of carbonyl (C=O) groups excluding carboxylic acids is 5. The van der Waals surface area contributed by atoms with Crippen molar-refractivity contribution in [1.82, 2.24) is 19.6 Å². The van der Waals surface area contributed by atoms with Gasteiger partial charge in [0.25, 0.3) is 0 Å². The van der Waals surface area contributed by atoms with E-state index >= 15 is 0 Å². The van der Waals surface area contributed by atoms with Crippen LogP contribution in [0.3, 0.4) is 0 Å². The maximum atomic E-state index is 14.3. The zero-order valence-corrected chi connectivity index (χ0v) is 29.7. The van der Waals surface area contributed by atoms with Gasteiger partial charge in [-0.05, 0) is 69.5 Å². The van der Waals surface area contributed by atoms with E-state index in [4.69, 9.17) is 0 Å².